The van der Waals surface area contributed by atoms with Crippen LogP contribution in [0.4, 0.5) is 4.79 Å². The first-order chi connectivity index (χ1) is 5.10. The summed E-state index contributed by atoms with van der Waals surface area (Å²) in [7, 11) is -10.3. The van der Waals surface area contributed by atoms with Gasteiger partial charge in [-0.15, -0.1) is 0 Å². The molecule has 0 amide bonds. The molecule has 9 nitrogen and oxygen atoms in total. The number of hydrogen-bond donors (Lipinski definition) is 4. The molecule has 0 unspecified atom stereocenters. The van der Waals surface area contributed by atoms with Gasteiger partial charge in [0.1, 0.15) is 0 Å². The Morgan fingerprint density at radius 1 is 0.923 bits per heavy atom. The highest BCUT2D eigenvalue weighted by atomic mass is 31.2. The van der Waals surface area contributed by atoms with Crippen molar-refractivity contribution in [2.24, 2.45) is 0 Å². The van der Waals surface area contributed by atoms with Gasteiger partial charge in [-0.3, -0.25) is 19.6 Å². The molecule has 0 heterocycles. The van der Waals surface area contributed by atoms with Gasteiger partial charge in [-0.2, -0.15) is 0 Å². The quantitative estimate of drug-likeness (QED) is 0.335. The van der Waals surface area contributed by atoms with Gasteiger partial charge in [0.15, 0.2) is 0 Å². The lowest BCUT2D eigenvalue weighted by Gasteiger charge is -2.05. The SMILES string of the molecule is O=C(OP(=O)(O)O)OP(=O)(O)O.[MgH2]. The summed E-state index contributed by atoms with van der Waals surface area (Å²) in [4.78, 5) is 41.7. The number of phosphoric acid groups is 2. The fourth-order valence-corrected chi connectivity index (χ4v) is 0.733. The average Bonchev–Trinajstić information content (AvgIpc) is 1.49. The van der Waals surface area contributed by atoms with E-state index in [-0.39, 0.29) is 23.1 Å². The van der Waals surface area contributed by atoms with Crippen LogP contribution in [0.3, 0.4) is 0 Å². The first-order valence-electron chi connectivity index (χ1n) is 2.14. The lowest BCUT2D eigenvalue weighted by molar-refractivity contribution is 0.118. The molecule has 0 aromatic rings. The van der Waals surface area contributed by atoms with Gasteiger partial charge < -0.3 is 9.05 Å². The van der Waals surface area contributed by atoms with Crippen LogP contribution >= 0.6 is 15.6 Å². The molecule has 0 aromatic carbocycles. The van der Waals surface area contributed by atoms with Crippen LogP contribution in [0.15, 0.2) is 0 Å². The van der Waals surface area contributed by atoms with Crippen LogP contribution in [0.5, 0.6) is 0 Å². The van der Waals surface area contributed by atoms with Crippen LogP contribution in [0.2, 0.25) is 0 Å². The molecule has 0 spiro atoms. The van der Waals surface area contributed by atoms with E-state index in [0.717, 1.165) is 0 Å². The Hall–Kier alpha value is 0.336. The van der Waals surface area contributed by atoms with Crippen molar-refractivity contribution in [3.63, 3.8) is 0 Å². The predicted octanol–water partition coefficient (Wildman–Crippen LogP) is -1.59. The monoisotopic (exact) mass is 248 g/mol. The van der Waals surface area contributed by atoms with Crippen molar-refractivity contribution < 1.29 is 42.5 Å². The van der Waals surface area contributed by atoms with Crippen LogP contribution in [-0.4, -0.2) is 48.8 Å². The van der Waals surface area contributed by atoms with Crippen molar-refractivity contribution in [3.05, 3.63) is 0 Å². The molecule has 0 bridgehead atoms. The zero-order valence-electron chi connectivity index (χ0n) is 5.22. The second-order valence-corrected chi connectivity index (χ2v) is 3.74. The Bertz CT molecular complexity index is 233. The molecule has 12 heteroatoms. The van der Waals surface area contributed by atoms with Crippen LogP contribution in [0.25, 0.3) is 0 Å². The summed E-state index contributed by atoms with van der Waals surface area (Å²) in [5.41, 5.74) is 0. The summed E-state index contributed by atoms with van der Waals surface area (Å²) in [5.74, 6) is 0. The average molecular weight is 248 g/mol. The molecule has 0 atom stereocenters. The summed E-state index contributed by atoms with van der Waals surface area (Å²) in [6, 6.07) is 0. The molecule has 4 N–H and O–H groups in total. The van der Waals surface area contributed by atoms with Gasteiger partial charge in [-0.1, -0.05) is 0 Å². The van der Waals surface area contributed by atoms with E-state index in [4.69, 9.17) is 19.6 Å². The van der Waals surface area contributed by atoms with Crippen molar-refractivity contribution in [1.82, 2.24) is 0 Å². The van der Waals surface area contributed by atoms with Crippen molar-refractivity contribution in [2.75, 3.05) is 0 Å². The smallest absolute Gasteiger partial charge is 0.337 e. The van der Waals surface area contributed by atoms with Crippen molar-refractivity contribution >= 4 is 44.9 Å². The molecular formula is CH6MgO9P2. The molecule has 0 aliphatic rings. The van der Waals surface area contributed by atoms with Crippen LogP contribution < -0.4 is 0 Å². The molecule has 76 valence electrons. The summed E-state index contributed by atoms with van der Waals surface area (Å²) in [6.45, 7) is 0. The molecule has 0 aromatic heterocycles. The molecule has 13 heavy (non-hydrogen) atoms. The highest BCUT2D eigenvalue weighted by molar-refractivity contribution is 7.48. The van der Waals surface area contributed by atoms with Crippen molar-refractivity contribution in [1.29, 1.82) is 0 Å². The van der Waals surface area contributed by atoms with Gasteiger partial charge in [0.25, 0.3) is 0 Å². The van der Waals surface area contributed by atoms with Gasteiger partial charge >= 0.3 is 44.9 Å². The molecular weight excluding hydrogens is 242 g/mol. The number of phosphoric ester groups is 2. The minimum atomic E-state index is -5.13. The highest BCUT2D eigenvalue weighted by Gasteiger charge is 2.28. The lowest BCUT2D eigenvalue weighted by Crippen LogP contribution is -2.03. The van der Waals surface area contributed by atoms with Crippen LogP contribution in [0.1, 0.15) is 0 Å². The fraction of sp³-hybridized carbons (Fsp3) is 0. The predicted molar refractivity (Wildman–Crippen MR) is 40.2 cm³/mol. The Morgan fingerprint density at radius 3 is 1.31 bits per heavy atom. The fourth-order valence-electron chi connectivity index (χ4n) is 0.211. The lowest BCUT2D eigenvalue weighted by atomic mass is 11.5. The zero-order valence-corrected chi connectivity index (χ0v) is 7.01. The molecule has 0 rings (SSSR count). The normalized spacial score (nSPS) is 11.4. The third kappa shape index (κ3) is 12.3. The molecule has 0 saturated heterocycles. The molecule has 0 radical (unpaired) electrons. The maximum atomic E-state index is 10.0. The Labute approximate surface area is 87.7 Å². The van der Waals surface area contributed by atoms with Gasteiger partial charge in [0.05, 0.1) is 0 Å². The Balaban J connectivity index is 0. The minimum Gasteiger partial charge on any atom is -0.337 e. The second kappa shape index (κ2) is 5.27. The van der Waals surface area contributed by atoms with E-state index in [0.29, 0.717) is 0 Å². The van der Waals surface area contributed by atoms with E-state index in [1.165, 1.54) is 0 Å². The summed E-state index contributed by atoms with van der Waals surface area (Å²) in [5, 5.41) is 0. The zero-order chi connectivity index (χ0) is 9.99. The van der Waals surface area contributed by atoms with E-state index < -0.39 is 21.8 Å². The minimum absolute atomic E-state index is 0. The largest absolute Gasteiger partial charge is 0.529 e. The summed E-state index contributed by atoms with van der Waals surface area (Å²) < 4.78 is 25.9. The Kier molecular flexibility index (Phi) is 6.41. The van der Waals surface area contributed by atoms with E-state index in [9.17, 15) is 13.9 Å². The van der Waals surface area contributed by atoms with E-state index in [1.54, 1.807) is 0 Å². The number of carbonyl (C=O) groups is 1. The molecule has 0 fully saturated rings. The maximum Gasteiger partial charge on any atom is 0.529 e. The van der Waals surface area contributed by atoms with Crippen molar-refractivity contribution in [2.45, 2.75) is 0 Å². The first kappa shape index (κ1) is 15.8. The maximum absolute atomic E-state index is 10.0. The van der Waals surface area contributed by atoms with Crippen molar-refractivity contribution in [3.8, 4) is 0 Å². The highest BCUT2D eigenvalue weighted by Crippen LogP contribution is 2.41. The molecule has 0 aliphatic heterocycles. The van der Waals surface area contributed by atoms with Gasteiger partial charge in [0.2, 0.25) is 0 Å². The third-order valence-corrected chi connectivity index (χ3v) is 1.16. The number of rotatable bonds is 2. The molecule has 0 aliphatic carbocycles. The van der Waals surface area contributed by atoms with E-state index in [2.05, 4.69) is 9.05 Å². The standard InChI is InChI=1S/CH4O9P2.Mg.2H/c2-1(9-11(3,4)5)10-12(6,7)8;;;/h(H2,3,4,5)(H2,6,7,8);;;. The van der Waals surface area contributed by atoms with E-state index >= 15 is 0 Å². The third-order valence-electron chi connectivity index (χ3n) is 0.387. The summed E-state index contributed by atoms with van der Waals surface area (Å²) in [6.07, 6.45) is -2.14. The number of hydrogen-bond acceptors (Lipinski definition) is 5. The second-order valence-electron chi connectivity index (χ2n) is 1.41. The van der Waals surface area contributed by atoms with Crippen LogP contribution in [0, 0.1) is 0 Å². The summed E-state index contributed by atoms with van der Waals surface area (Å²) >= 11 is 0. The van der Waals surface area contributed by atoms with Gasteiger partial charge in [-0.25, -0.2) is 13.9 Å². The van der Waals surface area contributed by atoms with Crippen LogP contribution in [-0.2, 0) is 18.2 Å². The first-order valence-corrected chi connectivity index (χ1v) is 5.20. The molecule has 0 saturated carbocycles. The topological polar surface area (TPSA) is 151 Å². The van der Waals surface area contributed by atoms with Gasteiger partial charge in [0, 0.05) is 0 Å². The van der Waals surface area contributed by atoms with E-state index in [1.807, 2.05) is 0 Å². The Morgan fingerprint density at radius 2 is 1.15 bits per heavy atom. The van der Waals surface area contributed by atoms with Gasteiger partial charge in [-0.05, 0) is 0 Å². The number of carbonyl (C=O) groups excluding carboxylic acids is 1.